The van der Waals surface area contributed by atoms with Crippen LogP contribution < -0.4 is 20.1 Å². The van der Waals surface area contributed by atoms with Crippen LogP contribution in [0.3, 0.4) is 0 Å². The highest BCUT2D eigenvalue weighted by molar-refractivity contribution is 7.92. The monoisotopic (exact) mass is 377 g/mol. The third-order valence-corrected chi connectivity index (χ3v) is 4.94. The van der Waals surface area contributed by atoms with Gasteiger partial charge >= 0.3 is 6.03 Å². The fraction of sp³-hybridized carbons (Fsp3) is 0.278. The summed E-state index contributed by atoms with van der Waals surface area (Å²) < 4.78 is 31.0. The zero-order valence-electron chi connectivity index (χ0n) is 14.8. The van der Waals surface area contributed by atoms with Crippen molar-refractivity contribution < 1.29 is 17.9 Å². The van der Waals surface area contributed by atoms with Crippen molar-refractivity contribution in [2.45, 2.75) is 13.3 Å². The molecule has 0 atom stereocenters. The van der Waals surface area contributed by atoms with E-state index in [2.05, 4.69) is 15.4 Å². The van der Waals surface area contributed by atoms with Gasteiger partial charge in [-0.05, 0) is 31.0 Å². The minimum atomic E-state index is -3.41. The van der Waals surface area contributed by atoms with Gasteiger partial charge in [0.1, 0.15) is 5.75 Å². The highest BCUT2D eigenvalue weighted by atomic mass is 32.2. The van der Waals surface area contributed by atoms with Crippen molar-refractivity contribution in [3.8, 4) is 5.75 Å². The first-order valence-corrected chi connectivity index (χ1v) is 9.86. The number of benzene rings is 2. The van der Waals surface area contributed by atoms with E-state index in [0.717, 1.165) is 12.0 Å². The van der Waals surface area contributed by atoms with Crippen LogP contribution in [0, 0.1) is 0 Å². The summed E-state index contributed by atoms with van der Waals surface area (Å²) >= 11 is 0. The van der Waals surface area contributed by atoms with Crippen molar-refractivity contribution in [1.29, 1.82) is 0 Å². The predicted octanol–water partition coefficient (Wildman–Crippen LogP) is 2.82. The topological polar surface area (TPSA) is 96.5 Å². The van der Waals surface area contributed by atoms with E-state index < -0.39 is 10.0 Å². The maximum Gasteiger partial charge on any atom is 0.319 e. The number of methoxy groups -OCH3 is 1. The molecule has 0 fully saturated rings. The lowest BCUT2D eigenvalue weighted by molar-refractivity contribution is 0.252. The fourth-order valence-corrected chi connectivity index (χ4v) is 2.88. The molecular formula is C18H23N3O4S. The molecule has 2 rings (SSSR count). The quantitative estimate of drug-likeness (QED) is 0.659. The summed E-state index contributed by atoms with van der Waals surface area (Å²) in [6.07, 6.45) is 0.731. The van der Waals surface area contributed by atoms with Gasteiger partial charge < -0.3 is 15.4 Å². The molecule has 26 heavy (non-hydrogen) atoms. The number of ether oxygens (including phenoxy) is 1. The number of hydrogen-bond acceptors (Lipinski definition) is 4. The Balaban J connectivity index is 1.93. The van der Waals surface area contributed by atoms with Crippen molar-refractivity contribution in [1.82, 2.24) is 5.32 Å². The molecule has 0 heterocycles. The van der Waals surface area contributed by atoms with Crippen LogP contribution in [0.5, 0.6) is 5.75 Å². The predicted molar refractivity (Wildman–Crippen MR) is 103 cm³/mol. The first kappa shape index (κ1) is 19.6. The van der Waals surface area contributed by atoms with Crippen LogP contribution in [-0.2, 0) is 16.4 Å². The number of hydrogen-bond donors (Lipinski definition) is 3. The van der Waals surface area contributed by atoms with Crippen molar-refractivity contribution in [3.63, 3.8) is 0 Å². The number of urea groups is 1. The van der Waals surface area contributed by atoms with Gasteiger partial charge in [0.25, 0.3) is 0 Å². The average molecular weight is 377 g/mol. The van der Waals surface area contributed by atoms with Gasteiger partial charge in [-0.15, -0.1) is 0 Å². The number of amides is 2. The fourth-order valence-electron chi connectivity index (χ4n) is 2.23. The molecule has 8 heteroatoms. The van der Waals surface area contributed by atoms with Crippen LogP contribution in [-0.4, -0.2) is 33.9 Å². The first-order valence-electron chi connectivity index (χ1n) is 8.21. The van der Waals surface area contributed by atoms with E-state index in [1.165, 1.54) is 7.11 Å². The smallest absolute Gasteiger partial charge is 0.319 e. The van der Waals surface area contributed by atoms with Crippen LogP contribution >= 0.6 is 0 Å². The molecular weight excluding hydrogens is 354 g/mol. The number of sulfonamides is 1. The van der Waals surface area contributed by atoms with Crippen molar-refractivity contribution in [2.75, 3.05) is 29.4 Å². The number of rotatable bonds is 8. The van der Waals surface area contributed by atoms with Gasteiger partial charge in [-0.3, -0.25) is 4.72 Å². The molecule has 140 valence electrons. The second kappa shape index (κ2) is 9.10. The summed E-state index contributed by atoms with van der Waals surface area (Å²) in [5, 5.41) is 5.48. The third-order valence-electron chi connectivity index (χ3n) is 3.65. The summed E-state index contributed by atoms with van der Waals surface area (Å²) in [6, 6.07) is 14.2. The molecule has 0 bridgehead atoms. The van der Waals surface area contributed by atoms with Gasteiger partial charge in [0.05, 0.1) is 18.6 Å². The Bertz CT molecular complexity index is 839. The molecule has 0 aliphatic rings. The molecule has 0 aliphatic heterocycles. The maximum absolute atomic E-state index is 12.0. The van der Waals surface area contributed by atoms with E-state index in [0.29, 0.717) is 23.7 Å². The van der Waals surface area contributed by atoms with Gasteiger partial charge in [-0.25, -0.2) is 13.2 Å². The van der Waals surface area contributed by atoms with Gasteiger partial charge in [-0.2, -0.15) is 0 Å². The average Bonchev–Trinajstić information content (AvgIpc) is 2.63. The number of anilines is 2. The molecule has 0 spiro atoms. The van der Waals surface area contributed by atoms with Crippen molar-refractivity contribution in [2.24, 2.45) is 0 Å². The Hall–Kier alpha value is -2.74. The van der Waals surface area contributed by atoms with Gasteiger partial charge in [0.15, 0.2) is 0 Å². The Labute approximate surface area is 153 Å². The molecule has 0 saturated heterocycles. The summed E-state index contributed by atoms with van der Waals surface area (Å²) in [5.41, 5.74) is 1.96. The Kier molecular flexibility index (Phi) is 6.85. The molecule has 0 aromatic heterocycles. The summed E-state index contributed by atoms with van der Waals surface area (Å²) in [5.74, 6) is 0.282. The lowest BCUT2D eigenvalue weighted by Crippen LogP contribution is -2.30. The number of carbonyl (C=O) groups excluding carboxylic acids is 1. The summed E-state index contributed by atoms with van der Waals surface area (Å²) in [4.78, 5) is 12.0. The largest absolute Gasteiger partial charge is 0.494 e. The zero-order chi connectivity index (χ0) is 19.0. The highest BCUT2D eigenvalue weighted by Gasteiger charge is 2.12. The van der Waals surface area contributed by atoms with Crippen LogP contribution in [0.15, 0.2) is 48.5 Å². The molecule has 3 N–H and O–H groups in total. The minimum Gasteiger partial charge on any atom is -0.494 e. The third kappa shape index (κ3) is 5.96. The summed E-state index contributed by atoms with van der Waals surface area (Å²) in [7, 11) is -1.98. The first-order chi connectivity index (χ1) is 12.4. The van der Waals surface area contributed by atoms with E-state index in [1.54, 1.807) is 25.1 Å². The van der Waals surface area contributed by atoms with E-state index in [1.807, 2.05) is 30.3 Å². The molecule has 0 radical (unpaired) electrons. The lowest BCUT2D eigenvalue weighted by atomic mass is 10.1. The second-order valence-corrected chi connectivity index (χ2v) is 7.55. The van der Waals surface area contributed by atoms with Crippen molar-refractivity contribution in [3.05, 3.63) is 54.1 Å². The van der Waals surface area contributed by atoms with Gasteiger partial charge in [0.2, 0.25) is 10.0 Å². The van der Waals surface area contributed by atoms with E-state index in [-0.39, 0.29) is 11.8 Å². The standard InChI is InChI=1S/C18H23N3O4S/c1-3-26(23,24)21-16-10-9-15(13-17(16)25-2)20-18(22)19-12-11-14-7-5-4-6-8-14/h4-10,13,21H,3,11-12H2,1-2H3,(H2,19,20,22). The SMILES string of the molecule is CCS(=O)(=O)Nc1ccc(NC(=O)NCCc2ccccc2)cc1OC. The van der Waals surface area contributed by atoms with Crippen LogP contribution in [0.25, 0.3) is 0 Å². The highest BCUT2D eigenvalue weighted by Crippen LogP contribution is 2.28. The van der Waals surface area contributed by atoms with E-state index in [9.17, 15) is 13.2 Å². The van der Waals surface area contributed by atoms with Gasteiger partial charge in [-0.1, -0.05) is 30.3 Å². The normalized spacial score (nSPS) is 10.8. The minimum absolute atomic E-state index is 0.0417. The molecule has 0 aliphatic carbocycles. The molecule has 7 nitrogen and oxygen atoms in total. The zero-order valence-corrected chi connectivity index (χ0v) is 15.6. The molecule has 0 unspecified atom stereocenters. The van der Waals surface area contributed by atoms with Crippen LogP contribution in [0.1, 0.15) is 12.5 Å². The maximum atomic E-state index is 12.0. The summed E-state index contributed by atoms with van der Waals surface area (Å²) in [6.45, 7) is 2.05. The second-order valence-electron chi connectivity index (χ2n) is 5.54. The van der Waals surface area contributed by atoms with E-state index >= 15 is 0 Å². The Morgan fingerprint density at radius 2 is 1.85 bits per heavy atom. The van der Waals surface area contributed by atoms with Crippen molar-refractivity contribution >= 4 is 27.4 Å². The van der Waals surface area contributed by atoms with E-state index in [4.69, 9.17) is 4.74 Å². The Morgan fingerprint density at radius 3 is 2.50 bits per heavy atom. The van der Waals surface area contributed by atoms with Crippen LogP contribution in [0.4, 0.5) is 16.2 Å². The van der Waals surface area contributed by atoms with Crippen LogP contribution in [0.2, 0.25) is 0 Å². The Morgan fingerprint density at radius 1 is 1.12 bits per heavy atom. The molecule has 2 amide bonds. The molecule has 2 aromatic carbocycles. The number of nitrogens with one attached hydrogen (secondary N) is 3. The number of carbonyl (C=O) groups is 1. The molecule has 2 aromatic rings. The molecule has 0 saturated carbocycles. The van der Waals surface area contributed by atoms with Gasteiger partial charge in [0, 0.05) is 18.3 Å². The lowest BCUT2D eigenvalue weighted by Gasteiger charge is -2.13.